The van der Waals surface area contributed by atoms with Crippen LogP contribution in [0.2, 0.25) is 0 Å². The first-order chi connectivity index (χ1) is 17.6. The maximum atomic E-state index is 13.6. The molecule has 1 amide bonds. The van der Waals surface area contributed by atoms with Crippen LogP contribution in [0.5, 0.6) is 0 Å². The molecule has 0 spiro atoms. The van der Waals surface area contributed by atoms with Crippen molar-refractivity contribution in [1.29, 1.82) is 0 Å². The predicted molar refractivity (Wildman–Crippen MR) is 143 cm³/mol. The summed E-state index contributed by atoms with van der Waals surface area (Å²) < 4.78 is 6.29. The number of aromatic amines is 1. The fourth-order valence-electron chi connectivity index (χ4n) is 4.74. The van der Waals surface area contributed by atoms with Gasteiger partial charge in [-0.25, -0.2) is 5.01 Å². The highest BCUT2D eigenvalue weighted by Gasteiger charge is 2.36. The lowest BCUT2D eigenvalue weighted by Gasteiger charge is -2.21. The molecule has 0 radical (unpaired) electrons. The van der Waals surface area contributed by atoms with Crippen LogP contribution in [-0.4, -0.2) is 21.6 Å². The minimum absolute atomic E-state index is 0.195. The van der Waals surface area contributed by atoms with Crippen molar-refractivity contribution in [2.45, 2.75) is 12.5 Å². The number of fused-ring (bicyclic) bond motifs is 1. The number of amides is 1. The van der Waals surface area contributed by atoms with E-state index in [4.69, 9.17) is 9.52 Å². The number of benzene rings is 3. The number of hydrogen-bond donors (Lipinski definition) is 1. The SMILES string of the molecule is O=C(c1ccco1)N1N=C(c2c(-c3ccccc3)c3cc(Br)ccc3[nH]c2=O)CC1c1ccccc1. The smallest absolute Gasteiger partial charge is 0.310 e. The molecule has 36 heavy (non-hydrogen) atoms. The number of nitrogens with zero attached hydrogens (tertiary/aromatic N) is 2. The van der Waals surface area contributed by atoms with Crippen LogP contribution in [0.25, 0.3) is 22.0 Å². The van der Waals surface area contributed by atoms with E-state index in [1.807, 2.05) is 78.9 Å². The minimum Gasteiger partial charge on any atom is -0.459 e. The lowest BCUT2D eigenvalue weighted by molar-refractivity contribution is 0.0678. The highest BCUT2D eigenvalue weighted by atomic mass is 79.9. The Kier molecular flexibility index (Phi) is 5.62. The van der Waals surface area contributed by atoms with E-state index in [9.17, 15) is 9.59 Å². The summed E-state index contributed by atoms with van der Waals surface area (Å²) in [6.07, 6.45) is 1.85. The average Bonchev–Trinajstić information content (AvgIpc) is 3.60. The second-order valence-corrected chi connectivity index (χ2v) is 9.48. The normalized spacial score (nSPS) is 15.3. The largest absolute Gasteiger partial charge is 0.459 e. The molecule has 6 nitrogen and oxygen atoms in total. The number of rotatable bonds is 4. The molecule has 0 fully saturated rings. The fraction of sp³-hybridized carbons (Fsp3) is 0.0690. The number of carbonyl (C=O) groups is 1. The van der Waals surface area contributed by atoms with Gasteiger partial charge in [-0.15, -0.1) is 0 Å². The maximum absolute atomic E-state index is 13.6. The molecular weight excluding hydrogens is 518 g/mol. The van der Waals surface area contributed by atoms with Gasteiger partial charge in [0.15, 0.2) is 5.76 Å². The number of hydrazone groups is 1. The monoisotopic (exact) mass is 537 g/mol. The summed E-state index contributed by atoms with van der Waals surface area (Å²) in [5.41, 5.74) is 4.10. The molecule has 7 heteroatoms. The quantitative estimate of drug-likeness (QED) is 0.282. The van der Waals surface area contributed by atoms with Crippen molar-refractivity contribution in [3.8, 4) is 11.1 Å². The van der Waals surface area contributed by atoms with Crippen LogP contribution in [0.3, 0.4) is 0 Å². The second-order valence-electron chi connectivity index (χ2n) is 8.56. The third-order valence-corrected chi connectivity index (χ3v) is 6.86. The summed E-state index contributed by atoms with van der Waals surface area (Å²) in [5.74, 6) is -0.161. The molecule has 1 atom stereocenters. The van der Waals surface area contributed by atoms with E-state index in [1.54, 1.807) is 12.1 Å². The molecule has 6 rings (SSSR count). The van der Waals surface area contributed by atoms with Crippen molar-refractivity contribution in [3.05, 3.63) is 129 Å². The molecule has 1 aliphatic rings. The van der Waals surface area contributed by atoms with Gasteiger partial charge in [-0.2, -0.15) is 5.10 Å². The summed E-state index contributed by atoms with van der Waals surface area (Å²) in [6.45, 7) is 0. The molecular formula is C29H20BrN3O3. The molecule has 0 saturated carbocycles. The Labute approximate surface area is 215 Å². The van der Waals surface area contributed by atoms with Crippen molar-refractivity contribution in [1.82, 2.24) is 9.99 Å². The first-order valence-electron chi connectivity index (χ1n) is 11.5. The van der Waals surface area contributed by atoms with Crippen LogP contribution in [0.1, 0.15) is 34.1 Å². The maximum Gasteiger partial charge on any atom is 0.310 e. The third kappa shape index (κ3) is 3.87. The van der Waals surface area contributed by atoms with Crippen molar-refractivity contribution in [2.24, 2.45) is 5.10 Å². The van der Waals surface area contributed by atoms with Gasteiger partial charge in [0.2, 0.25) is 0 Å². The topological polar surface area (TPSA) is 78.7 Å². The molecule has 5 aromatic rings. The van der Waals surface area contributed by atoms with Gasteiger partial charge in [0.05, 0.1) is 23.6 Å². The Morgan fingerprint density at radius 1 is 0.944 bits per heavy atom. The number of hydrogen-bond acceptors (Lipinski definition) is 4. The average molecular weight is 538 g/mol. The van der Waals surface area contributed by atoms with Gasteiger partial charge in [-0.1, -0.05) is 76.6 Å². The van der Waals surface area contributed by atoms with Gasteiger partial charge in [-0.05, 0) is 41.5 Å². The number of pyridine rings is 1. The molecule has 0 aliphatic carbocycles. The van der Waals surface area contributed by atoms with Crippen molar-refractivity contribution < 1.29 is 9.21 Å². The molecule has 0 bridgehead atoms. The first-order valence-corrected chi connectivity index (χ1v) is 12.3. The fourth-order valence-corrected chi connectivity index (χ4v) is 5.10. The van der Waals surface area contributed by atoms with Gasteiger partial charge in [0.25, 0.3) is 5.56 Å². The number of nitrogens with one attached hydrogen (secondary N) is 1. The minimum atomic E-state index is -0.375. The molecule has 3 heterocycles. The van der Waals surface area contributed by atoms with Crippen LogP contribution < -0.4 is 5.56 Å². The van der Waals surface area contributed by atoms with Crippen LogP contribution in [0, 0.1) is 0 Å². The Morgan fingerprint density at radius 3 is 2.42 bits per heavy atom. The lowest BCUT2D eigenvalue weighted by atomic mass is 9.91. The highest BCUT2D eigenvalue weighted by molar-refractivity contribution is 9.10. The van der Waals surface area contributed by atoms with E-state index in [0.717, 1.165) is 32.1 Å². The van der Waals surface area contributed by atoms with E-state index in [1.165, 1.54) is 11.3 Å². The van der Waals surface area contributed by atoms with Crippen LogP contribution in [-0.2, 0) is 0 Å². The summed E-state index contributed by atoms with van der Waals surface area (Å²) in [5, 5.41) is 7.08. The Bertz CT molecular complexity index is 1660. The Morgan fingerprint density at radius 2 is 1.69 bits per heavy atom. The van der Waals surface area contributed by atoms with Gasteiger partial charge in [-0.3, -0.25) is 9.59 Å². The molecule has 1 N–H and O–H groups in total. The zero-order chi connectivity index (χ0) is 24.6. The number of furan rings is 1. The van der Waals surface area contributed by atoms with E-state index >= 15 is 0 Å². The zero-order valence-corrected chi connectivity index (χ0v) is 20.6. The highest BCUT2D eigenvalue weighted by Crippen LogP contribution is 2.38. The van der Waals surface area contributed by atoms with E-state index in [-0.39, 0.29) is 23.3 Å². The van der Waals surface area contributed by atoms with Crippen molar-refractivity contribution in [2.75, 3.05) is 0 Å². The first kappa shape index (κ1) is 22.2. The number of H-pyrrole nitrogens is 1. The zero-order valence-electron chi connectivity index (χ0n) is 19.0. The molecule has 3 aromatic carbocycles. The van der Waals surface area contributed by atoms with Gasteiger partial charge >= 0.3 is 5.91 Å². The van der Waals surface area contributed by atoms with Crippen LogP contribution in [0.15, 0.2) is 116 Å². The van der Waals surface area contributed by atoms with E-state index in [2.05, 4.69) is 20.9 Å². The van der Waals surface area contributed by atoms with Gasteiger partial charge in [0.1, 0.15) is 0 Å². The van der Waals surface area contributed by atoms with Crippen LogP contribution in [0.4, 0.5) is 0 Å². The lowest BCUT2D eigenvalue weighted by Crippen LogP contribution is -2.26. The molecule has 176 valence electrons. The van der Waals surface area contributed by atoms with Crippen molar-refractivity contribution in [3.63, 3.8) is 0 Å². The molecule has 1 unspecified atom stereocenters. The number of aromatic nitrogens is 1. The van der Waals surface area contributed by atoms with Crippen LogP contribution >= 0.6 is 15.9 Å². The van der Waals surface area contributed by atoms with E-state index < -0.39 is 0 Å². The Hall–Kier alpha value is -4.23. The standard InChI is InChI=1S/C29H20BrN3O3/c30-20-13-14-22-21(16-20)26(19-10-5-2-6-11-19)27(28(34)31-22)23-17-24(18-8-3-1-4-9-18)33(32-23)29(35)25-12-7-15-36-25/h1-16,24H,17H2,(H,31,34). The number of carbonyl (C=O) groups excluding carboxylic acids is 1. The predicted octanol–water partition coefficient (Wildman–Crippen LogP) is 6.54. The molecule has 1 aliphatic heterocycles. The summed E-state index contributed by atoms with van der Waals surface area (Å²) in [6, 6.07) is 28.2. The second kappa shape index (κ2) is 9.09. The van der Waals surface area contributed by atoms with Gasteiger partial charge in [0, 0.05) is 27.4 Å². The summed E-state index contributed by atoms with van der Waals surface area (Å²) in [7, 11) is 0. The molecule has 0 saturated heterocycles. The van der Waals surface area contributed by atoms with Gasteiger partial charge < -0.3 is 9.40 Å². The third-order valence-electron chi connectivity index (χ3n) is 6.36. The summed E-state index contributed by atoms with van der Waals surface area (Å²) >= 11 is 3.57. The Balaban J connectivity index is 1.58. The summed E-state index contributed by atoms with van der Waals surface area (Å²) in [4.78, 5) is 30.0. The van der Waals surface area contributed by atoms with E-state index in [0.29, 0.717) is 17.7 Å². The van der Waals surface area contributed by atoms with Crippen molar-refractivity contribution >= 4 is 38.5 Å². The molecule has 2 aromatic heterocycles. The number of halogens is 1.